The van der Waals surface area contributed by atoms with Crippen LogP contribution in [0.2, 0.25) is 0 Å². The van der Waals surface area contributed by atoms with Crippen LogP contribution in [0.1, 0.15) is 18.5 Å². The van der Waals surface area contributed by atoms with Gasteiger partial charge in [0.2, 0.25) is 11.8 Å². The van der Waals surface area contributed by atoms with Gasteiger partial charge in [0.05, 0.1) is 20.2 Å². The van der Waals surface area contributed by atoms with Crippen LogP contribution in [0.5, 0.6) is 5.75 Å². The van der Waals surface area contributed by atoms with Gasteiger partial charge in [0.15, 0.2) is 0 Å². The molecule has 0 radical (unpaired) electrons. The van der Waals surface area contributed by atoms with Crippen molar-refractivity contribution >= 4 is 17.5 Å². The summed E-state index contributed by atoms with van der Waals surface area (Å²) in [5, 5.41) is 2.70. The summed E-state index contributed by atoms with van der Waals surface area (Å²) in [5.74, 6) is -1.16. The van der Waals surface area contributed by atoms with Crippen molar-refractivity contribution in [1.82, 2.24) is 9.80 Å². The van der Waals surface area contributed by atoms with E-state index in [0.717, 1.165) is 18.2 Å². The third-order valence-corrected chi connectivity index (χ3v) is 4.61. The van der Waals surface area contributed by atoms with Gasteiger partial charge in [-0.3, -0.25) is 14.5 Å². The molecule has 2 aromatic rings. The number of nitrogens with one attached hydrogen (secondary N) is 1. The fourth-order valence-electron chi connectivity index (χ4n) is 2.75. The summed E-state index contributed by atoms with van der Waals surface area (Å²) in [6.07, 6.45) is 0. The maximum Gasteiger partial charge on any atom is 0.243 e. The number of likely N-dealkylation sites (N-methyl/N-ethyl adjacent to an activating group) is 2. The molecule has 8 heteroatoms. The molecule has 0 saturated heterocycles. The van der Waals surface area contributed by atoms with Gasteiger partial charge in [-0.1, -0.05) is 6.07 Å². The Balaban J connectivity index is 1.91. The van der Waals surface area contributed by atoms with E-state index in [1.807, 2.05) is 0 Å². The number of amides is 2. The number of nitrogens with zero attached hydrogens (tertiary/aromatic N) is 2. The Morgan fingerprint density at radius 1 is 1.10 bits per heavy atom. The molecule has 0 bridgehead atoms. The third kappa shape index (κ3) is 6.25. The first kappa shape index (κ1) is 22.3. The molecule has 2 amide bonds. The van der Waals surface area contributed by atoms with E-state index in [1.165, 1.54) is 19.1 Å². The summed E-state index contributed by atoms with van der Waals surface area (Å²) in [6.45, 7) is 1.48. The predicted molar refractivity (Wildman–Crippen MR) is 107 cm³/mol. The van der Waals surface area contributed by atoms with Crippen molar-refractivity contribution in [2.75, 3.05) is 39.6 Å². The Morgan fingerprint density at radius 2 is 1.83 bits per heavy atom. The minimum Gasteiger partial charge on any atom is -0.497 e. The molecule has 0 aliphatic carbocycles. The Bertz CT molecular complexity index is 876. The number of methoxy groups -OCH3 is 1. The minimum atomic E-state index is -0.542. The average Bonchev–Trinajstić information content (AvgIpc) is 2.69. The van der Waals surface area contributed by atoms with Crippen LogP contribution in [0.3, 0.4) is 0 Å². The van der Waals surface area contributed by atoms with E-state index < -0.39 is 17.7 Å². The van der Waals surface area contributed by atoms with Gasteiger partial charge in [-0.2, -0.15) is 0 Å². The molecular formula is C21H25F2N3O3. The lowest BCUT2D eigenvalue weighted by molar-refractivity contribution is -0.134. The van der Waals surface area contributed by atoms with Crippen LogP contribution >= 0.6 is 0 Å². The number of hydrogen-bond acceptors (Lipinski definition) is 4. The minimum absolute atomic E-state index is 0.0555. The third-order valence-electron chi connectivity index (χ3n) is 4.61. The SMILES string of the molecule is COc1cccc(NC(=O)CN(C)C(=O)CN(C)C(C)c2cc(F)ccc2F)c1. The zero-order chi connectivity index (χ0) is 21.6. The van der Waals surface area contributed by atoms with Crippen molar-refractivity contribution in [2.24, 2.45) is 0 Å². The molecule has 2 aromatic carbocycles. The maximum absolute atomic E-state index is 14.0. The van der Waals surface area contributed by atoms with E-state index >= 15 is 0 Å². The smallest absolute Gasteiger partial charge is 0.243 e. The molecule has 0 saturated carbocycles. The number of anilines is 1. The predicted octanol–water partition coefficient (Wildman–Crippen LogP) is 3.06. The van der Waals surface area contributed by atoms with Crippen LogP contribution in [0.15, 0.2) is 42.5 Å². The standard InChI is InChI=1S/C21H25F2N3O3/c1-14(18-10-15(22)8-9-19(18)23)25(2)13-21(28)26(3)12-20(27)24-16-6-5-7-17(11-16)29-4/h5-11,14H,12-13H2,1-4H3,(H,24,27). The summed E-state index contributed by atoms with van der Waals surface area (Å²) >= 11 is 0. The van der Waals surface area contributed by atoms with Crippen LogP contribution in [0.4, 0.5) is 14.5 Å². The Hall–Kier alpha value is -3.00. The quantitative estimate of drug-likeness (QED) is 0.733. The van der Waals surface area contributed by atoms with Crippen molar-refractivity contribution in [3.05, 3.63) is 59.7 Å². The van der Waals surface area contributed by atoms with Crippen molar-refractivity contribution in [3.63, 3.8) is 0 Å². The molecule has 1 N–H and O–H groups in total. The van der Waals surface area contributed by atoms with E-state index in [1.54, 1.807) is 43.1 Å². The number of halogens is 2. The van der Waals surface area contributed by atoms with Crippen LogP contribution in [-0.4, -0.2) is 55.9 Å². The summed E-state index contributed by atoms with van der Waals surface area (Å²) in [7, 11) is 4.67. The zero-order valence-corrected chi connectivity index (χ0v) is 16.9. The van der Waals surface area contributed by atoms with E-state index in [4.69, 9.17) is 4.74 Å². The van der Waals surface area contributed by atoms with Gasteiger partial charge in [0.1, 0.15) is 17.4 Å². The number of carbonyl (C=O) groups excluding carboxylic acids is 2. The summed E-state index contributed by atoms with van der Waals surface area (Å²) in [4.78, 5) is 27.5. The molecule has 0 aliphatic heterocycles. The Kier molecular flexibility index (Phi) is 7.67. The number of ether oxygens (including phenoxy) is 1. The lowest BCUT2D eigenvalue weighted by Gasteiger charge is -2.27. The molecule has 0 heterocycles. The topological polar surface area (TPSA) is 61.9 Å². The van der Waals surface area contributed by atoms with Gasteiger partial charge in [-0.25, -0.2) is 8.78 Å². The summed E-state index contributed by atoms with van der Waals surface area (Å²) in [5.41, 5.74) is 0.723. The number of hydrogen-bond donors (Lipinski definition) is 1. The number of benzene rings is 2. The van der Waals surface area contributed by atoms with Crippen LogP contribution in [0, 0.1) is 11.6 Å². The fraction of sp³-hybridized carbons (Fsp3) is 0.333. The molecular weight excluding hydrogens is 380 g/mol. The first-order valence-corrected chi connectivity index (χ1v) is 9.04. The first-order chi connectivity index (χ1) is 13.7. The van der Waals surface area contributed by atoms with E-state index in [0.29, 0.717) is 11.4 Å². The molecule has 0 spiro atoms. The second-order valence-electron chi connectivity index (χ2n) is 6.79. The number of rotatable bonds is 8. The first-order valence-electron chi connectivity index (χ1n) is 9.04. The molecule has 0 aliphatic rings. The highest BCUT2D eigenvalue weighted by atomic mass is 19.1. The largest absolute Gasteiger partial charge is 0.497 e. The highest BCUT2D eigenvalue weighted by Gasteiger charge is 2.21. The van der Waals surface area contributed by atoms with Gasteiger partial charge in [0, 0.05) is 30.4 Å². The number of carbonyl (C=O) groups is 2. The normalized spacial score (nSPS) is 11.8. The molecule has 156 valence electrons. The van der Waals surface area contributed by atoms with Crippen LogP contribution < -0.4 is 10.1 Å². The second kappa shape index (κ2) is 9.97. The van der Waals surface area contributed by atoms with Crippen molar-refractivity contribution in [3.8, 4) is 5.75 Å². The van der Waals surface area contributed by atoms with Crippen LogP contribution in [-0.2, 0) is 9.59 Å². The van der Waals surface area contributed by atoms with E-state index in [2.05, 4.69) is 5.32 Å². The van der Waals surface area contributed by atoms with E-state index in [9.17, 15) is 18.4 Å². The zero-order valence-electron chi connectivity index (χ0n) is 16.9. The molecule has 0 aromatic heterocycles. The monoisotopic (exact) mass is 405 g/mol. The Morgan fingerprint density at radius 3 is 2.52 bits per heavy atom. The molecule has 6 nitrogen and oxygen atoms in total. The summed E-state index contributed by atoms with van der Waals surface area (Å²) in [6, 6.07) is 9.58. The average molecular weight is 405 g/mol. The van der Waals surface area contributed by atoms with Gasteiger partial charge < -0.3 is 15.0 Å². The Labute approximate surface area is 169 Å². The highest BCUT2D eigenvalue weighted by molar-refractivity contribution is 5.94. The van der Waals surface area contributed by atoms with Crippen molar-refractivity contribution in [1.29, 1.82) is 0 Å². The molecule has 0 fully saturated rings. The van der Waals surface area contributed by atoms with Crippen molar-refractivity contribution < 1.29 is 23.1 Å². The molecule has 29 heavy (non-hydrogen) atoms. The van der Waals surface area contributed by atoms with Crippen LogP contribution in [0.25, 0.3) is 0 Å². The fourth-order valence-corrected chi connectivity index (χ4v) is 2.75. The lowest BCUT2D eigenvalue weighted by Crippen LogP contribution is -2.41. The molecule has 2 rings (SSSR count). The second-order valence-corrected chi connectivity index (χ2v) is 6.79. The highest BCUT2D eigenvalue weighted by Crippen LogP contribution is 2.22. The molecule has 1 unspecified atom stereocenters. The van der Waals surface area contributed by atoms with Crippen molar-refractivity contribution in [2.45, 2.75) is 13.0 Å². The maximum atomic E-state index is 14.0. The van der Waals surface area contributed by atoms with E-state index in [-0.39, 0.29) is 30.5 Å². The lowest BCUT2D eigenvalue weighted by atomic mass is 10.1. The van der Waals surface area contributed by atoms with Gasteiger partial charge in [0.25, 0.3) is 0 Å². The van der Waals surface area contributed by atoms with Gasteiger partial charge in [-0.05, 0) is 44.3 Å². The van der Waals surface area contributed by atoms with Gasteiger partial charge >= 0.3 is 0 Å². The summed E-state index contributed by atoms with van der Waals surface area (Å²) < 4.78 is 32.5. The molecule has 1 atom stereocenters. The van der Waals surface area contributed by atoms with Gasteiger partial charge in [-0.15, -0.1) is 0 Å².